The van der Waals surface area contributed by atoms with Gasteiger partial charge in [0.05, 0.1) is 12.4 Å². The first-order valence-electron chi connectivity index (χ1n) is 4.63. The van der Waals surface area contributed by atoms with E-state index in [-0.39, 0.29) is 5.92 Å². The van der Waals surface area contributed by atoms with Crippen LogP contribution in [0.3, 0.4) is 0 Å². The third-order valence-electron chi connectivity index (χ3n) is 1.99. The summed E-state index contributed by atoms with van der Waals surface area (Å²) in [6, 6.07) is -0.427. The van der Waals surface area contributed by atoms with Crippen molar-refractivity contribution in [3.63, 3.8) is 0 Å². The Morgan fingerprint density at radius 3 is 2.69 bits per heavy atom. The Bertz CT molecular complexity index is 503. The summed E-state index contributed by atoms with van der Waals surface area (Å²) in [6.45, 7) is 3.94. The molecule has 2 rings (SSSR count). The van der Waals surface area contributed by atoms with Gasteiger partial charge in [0.2, 0.25) is 0 Å². The number of halogens is 1. The van der Waals surface area contributed by atoms with E-state index in [1.165, 1.54) is 12.4 Å². The Balaban J connectivity index is 2.39. The van der Waals surface area contributed by atoms with Crippen LogP contribution in [0.5, 0.6) is 0 Å². The summed E-state index contributed by atoms with van der Waals surface area (Å²) in [7, 11) is 0. The molecule has 0 fully saturated rings. The van der Waals surface area contributed by atoms with Gasteiger partial charge in [-0.15, -0.1) is 10.2 Å². The fraction of sp³-hybridized carbons (Fsp3) is 0.375. The molecule has 0 spiro atoms. The Morgan fingerprint density at radius 2 is 2.19 bits per heavy atom. The highest BCUT2D eigenvalue weighted by atomic mass is 79.9. The van der Waals surface area contributed by atoms with Crippen LogP contribution in [-0.2, 0) is 0 Å². The summed E-state index contributed by atoms with van der Waals surface area (Å²) in [5, 5.41) is 14.9. The predicted octanol–water partition coefficient (Wildman–Crippen LogP) is 1.27. The van der Waals surface area contributed by atoms with E-state index in [9.17, 15) is 4.79 Å². The number of nitrogens with zero attached hydrogens (tertiary/aromatic N) is 6. The van der Waals surface area contributed by atoms with Crippen LogP contribution in [-0.4, -0.2) is 36.0 Å². The van der Waals surface area contributed by atoms with E-state index >= 15 is 0 Å². The summed E-state index contributed by atoms with van der Waals surface area (Å²) >= 11 is 3.29. The van der Waals surface area contributed by atoms with E-state index in [1.807, 2.05) is 13.8 Å². The first kappa shape index (κ1) is 10.9. The molecule has 0 amide bonds. The van der Waals surface area contributed by atoms with Crippen LogP contribution in [0.25, 0.3) is 0 Å². The maximum Gasteiger partial charge on any atom is 0.373 e. The molecule has 0 aliphatic heterocycles. The average Bonchev–Trinajstić information content (AvgIpc) is 2.84. The summed E-state index contributed by atoms with van der Waals surface area (Å²) in [5.74, 6) is 0.187. The third kappa shape index (κ3) is 1.75. The van der Waals surface area contributed by atoms with Crippen LogP contribution in [0, 0.1) is 0 Å². The van der Waals surface area contributed by atoms with E-state index in [1.54, 1.807) is 0 Å². The van der Waals surface area contributed by atoms with Crippen molar-refractivity contribution < 1.29 is 4.79 Å². The zero-order valence-electron chi connectivity index (χ0n) is 8.70. The third-order valence-corrected chi connectivity index (χ3v) is 2.73. The maximum absolute atomic E-state index is 11.9. The molecule has 2 heterocycles. The lowest BCUT2D eigenvalue weighted by molar-refractivity contribution is 0.236. The summed E-state index contributed by atoms with van der Waals surface area (Å²) in [4.78, 5) is 11.9. The van der Waals surface area contributed by atoms with Crippen molar-refractivity contribution in [1.82, 2.24) is 30.0 Å². The standard InChI is InChI=1S/C8H9BrN6O/c1-5(2)6-7(9)15(13-11-6)8(16)14-4-3-10-12-14/h3-5H,1-2H3. The molecular formula is C8H9BrN6O. The second-order valence-corrected chi connectivity index (χ2v) is 4.21. The molecule has 0 aromatic carbocycles. The van der Waals surface area contributed by atoms with Crippen molar-refractivity contribution in [2.75, 3.05) is 0 Å². The Hall–Kier alpha value is -1.57. The fourth-order valence-electron chi connectivity index (χ4n) is 1.17. The van der Waals surface area contributed by atoms with Crippen molar-refractivity contribution in [1.29, 1.82) is 0 Å². The molecule has 0 atom stereocenters. The SMILES string of the molecule is CC(C)c1nnn(C(=O)n2ccnn2)c1Br. The molecule has 16 heavy (non-hydrogen) atoms. The highest BCUT2D eigenvalue weighted by Gasteiger charge is 2.19. The fourth-order valence-corrected chi connectivity index (χ4v) is 1.92. The lowest BCUT2D eigenvalue weighted by Gasteiger charge is -2.01. The molecule has 0 unspecified atom stereocenters. The van der Waals surface area contributed by atoms with Gasteiger partial charge in [-0.3, -0.25) is 0 Å². The van der Waals surface area contributed by atoms with Gasteiger partial charge in [-0.2, -0.15) is 9.36 Å². The molecule has 2 aromatic heterocycles. The monoisotopic (exact) mass is 284 g/mol. The molecule has 0 radical (unpaired) electrons. The van der Waals surface area contributed by atoms with E-state index in [4.69, 9.17) is 0 Å². The Kier molecular flexibility index (Phi) is 2.82. The molecule has 84 valence electrons. The van der Waals surface area contributed by atoms with Crippen LogP contribution >= 0.6 is 15.9 Å². The second-order valence-electron chi connectivity index (χ2n) is 3.46. The molecule has 2 aromatic rings. The van der Waals surface area contributed by atoms with Gasteiger partial charge < -0.3 is 0 Å². The van der Waals surface area contributed by atoms with E-state index in [0.29, 0.717) is 4.60 Å². The van der Waals surface area contributed by atoms with E-state index < -0.39 is 6.03 Å². The van der Waals surface area contributed by atoms with Crippen LogP contribution in [0.2, 0.25) is 0 Å². The summed E-state index contributed by atoms with van der Waals surface area (Å²) < 4.78 is 2.77. The molecule has 0 N–H and O–H groups in total. The molecule has 0 bridgehead atoms. The lowest BCUT2D eigenvalue weighted by Crippen LogP contribution is -2.21. The number of carbonyl (C=O) groups excluding carboxylic acids is 1. The first-order valence-corrected chi connectivity index (χ1v) is 5.42. The number of aromatic nitrogens is 6. The minimum absolute atomic E-state index is 0.187. The summed E-state index contributed by atoms with van der Waals surface area (Å²) in [6.07, 6.45) is 2.87. The van der Waals surface area contributed by atoms with Crippen molar-refractivity contribution in [2.45, 2.75) is 19.8 Å². The largest absolute Gasteiger partial charge is 0.373 e. The number of carbonyl (C=O) groups is 1. The highest BCUT2D eigenvalue weighted by molar-refractivity contribution is 9.10. The van der Waals surface area contributed by atoms with Gasteiger partial charge in [-0.1, -0.05) is 24.3 Å². The molecule has 0 saturated heterocycles. The highest BCUT2D eigenvalue weighted by Crippen LogP contribution is 2.21. The van der Waals surface area contributed by atoms with Crippen molar-refractivity contribution >= 4 is 22.0 Å². The van der Waals surface area contributed by atoms with Gasteiger partial charge in [0, 0.05) is 5.92 Å². The molecule has 7 nitrogen and oxygen atoms in total. The summed E-state index contributed by atoms with van der Waals surface area (Å²) in [5.41, 5.74) is 0.730. The Labute approximate surface area is 99.6 Å². The van der Waals surface area contributed by atoms with Crippen LogP contribution in [0.15, 0.2) is 17.0 Å². The molecule has 0 aliphatic carbocycles. The zero-order valence-corrected chi connectivity index (χ0v) is 10.3. The van der Waals surface area contributed by atoms with Gasteiger partial charge in [0.1, 0.15) is 10.3 Å². The van der Waals surface area contributed by atoms with Crippen LogP contribution < -0.4 is 0 Å². The molecule has 0 saturated carbocycles. The molecule has 0 aliphatic rings. The quantitative estimate of drug-likeness (QED) is 0.788. The number of rotatable bonds is 1. The van der Waals surface area contributed by atoms with Crippen molar-refractivity contribution in [3.8, 4) is 0 Å². The maximum atomic E-state index is 11.9. The van der Waals surface area contributed by atoms with Crippen molar-refractivity contribution in [3.05, 3.63) is 22.7 Å². The minimum Gasteiger partial charge on any atom is -0.243 e. The van der Waals surface area contributed by atoms with E-state index in [0.717, 1.165) is 15.1 Å². The van der Waals surface area contributed by atoms with Gasteiger partial charge in [-0.25, -0.2) is 4.79 Å². The number of hydrogen-bond donors (Lipinski definition) is 0. The van der Waals surface area contributed by atoms with Crippen molar-refractivity contribution in [2.24, 2.45) is 0 Å². The van der Waals surface area contributed by atoms with Gasteiger partial charge in [-0.05, 0) is 15.9 Å². The topological polar surface area (TPSA) is 78.5 Å². The average molecular weight is 285 g/mol. The van der Waals surface area contributed by atoms with Crippen LogP contribution in [0.4, 0.5) is 4.79 Å². The normalized spacial score (nSPS) is 11.0. The van der Waals surface area contributed by atoms with Gasteiger partial charge in [0.15, 0.2) is 0 Å². The number of hydrogen-bond acceptors (Lipinski definition) is 5. The van der Waals surface area contributed by atoms with Gasteiger partial charge in [0.25, 0.3) is 0 Å². The van der Waals surface area contributed by atoms with Crippen LogP contribution in [0.1, 0.15) is 25.5 Å². The lowest BCUT2D eigenvalue weighted by atomic mass is 10.2. The molecule has 8 heteroatoms. The smallest absolute Gasteiger partial charge is 0.243 e. The zero-order chi connectivity index (χ0) is 11.7. The van der Waals surface area contributed by atoms with Gasteiger partial charge >= 0.3 is 6.03 Å². The van der Waals surface area contributed by atoms with E-state index in [2.05, 4.69) is 36.6 Å². The predicted molar refractivity (Wildman–Crippen MR) is 58.0 cm³/mol. The minimum atomic E-state index is -0.427. The molecular weight excluding hydrogens is 276 g/mol. The Morgan fingerprint density at radius 1 is 1.44 bits per heavy atom. The first-order chi connectivity index (χ1) is 7.61. The second kappa shape index (κ2) is 4.12.